The molecule has 1 fully saturated rings. The van der Waals surface area contributed by atoms with Crippen LogP contribution in [0.5, 0.6) is 0 Å². The van der Waals surface area contributed by atoms with Crippen molar-refractivity contribution in [1.82, 2.24) is 10.2 Å². The molecule has 5 nitrogen and oxygen atoms in total. The van der Waals surface area contributed by atoms with Crippen molar-refractivity contribution in [2.45, 2.75) is 17.9 Å². The third kappa shape index (κ3) is 3.13. The Balaban J connectivity index is 2.20. The first-order valence-corrected chi connectivity index (χ1v) is 8.10. The van der Waals surface area contributed by atoms with Gasteiger partial charge in [0.2, 0.25) is 0 Å². The molecule has 2 rings (SSSR count). The van der Waals surface area contributed by atoms with E-state index < -0.39 is 9.84 Å². The molecule has 1 heterocycles. The van der Waals surface area contributed by atoms with Gasteiger partial charge in [-0.15, -0.1) is 0 Å². The van der Waals surface area contributed by atoms with E-state index in [-0.39, 0.29) is 16.8 Å². The average molecular weight is 282 g/mol. The van der Waals surface area contributed by atoms with Crippen molar-refractivity contribution in [1.29, 1.82) is 0 Å². The molecule has 1 aliphatic rings. The first-order valence-electron chi connectivity index (χ1n) is 6.21. The molecule has 1 aromatic rings. The van der Waals surface area contributed by atoms with Crippen LogP contribution in [-0.4, -0.2) is 51.2 Å². The predicted octanol–water partition coefficient (Wildman–Crippen LogP) is 0.524. The molecule has 0 aliphatic carbocycles. The van der Waals surface area contributed by atoms with Crippen molar-refractivity contribution in [2.75, 3.05) is 25.9 Å². The molecule has 1 atom stereocenters. The monoisotopic (exact) mass is 282 g/mol. The third-order valence-electron chi connectivity index (χ3n) is 3.29. The Morgan fingerprint density at radius 3 is 2.47 bits per heavy atom. The number of carbonyl (C=O) groups excluding carboxylic acids is 1. The fourth-order valence-electron chi connectivity index (χ4n) is 2.15. The Hall–Kier alpha value is -1.40. The number of benzene rings is 1. The minimum atomic E-state index is -3.22. The minimum absolute atomic E-state index is 0.0472. The second kappa shape index (κ2) is 5.30. The van der Waals surface area contributed by atoms with Crippen molar-refractivity contribution in [3.8, 4) is 0 Å². The highest BCUT2D eigenvalue weighted by atomic mass is 32.2. The van der Waals surface area contributed by atoms with Gasteiger partial charge in [0.15, 0.2) is 9.84 Å². The SMILES string of the molecule is C[C@@H]1CNCCN1C(=O)c1ccc(S(C)(=O)=O)cc1. The molecule has 0 radical (unpaired) electrons. The van der Waals surface area contributed by atoms with Crippen molar-refractivity contribution in [3.63, 3.8) is 0 Å². The number of carbonyl (C=O) groups is 1. The predicted molar refractivity (Wildman–Crippen MR) is 72.9 cm³/mol. The number of sulfone groups is 1. The minimum Gasteiger partial charge on any atom is -0.333 e. The van der Waals surface area contributed by atoms with E-state index in [1.807, 2.05) is 11.8 Å². The second-order valence-corrected chi connectivity index (χ2v) is 6.86. The Bertz CT molecular complexity index is 566. The molecule has 0 saturated carbocycles. The molecule has 1 aromatic carbocycles. The maximum absolute atomic E-state index is 12.3. The third-order valence-corrected chi connectivity index (χ3v) is 4.42. The number of nitrogens with one attached hydrogen (secondary N) is 1. The molecule has 0 bridgehead atoms. The molecular weight excluding hydrogens is 264 g/mol. The summed E-state index contributed by atoms with van der Waals surface area (Å²) in [4.78, 5) is 14.4. The van der Waals surface area contributed by atoms with E-state index in [1.165, 1.54) is 12.1 Å². The Kier molecular flexibility index (Phi) is 3.91. The van der Waals surface area contributed by atoms with E-state index in [0.717, 1.165) is 19.3 Å². The number of amides is 1. The van der Waals surface area contributed by atoms with Gasteiger partial charge in [0.25, 0.3) is 5.91 Å². The molecule has 1 N–H and O–H groups in total. The summed E-state index contributed by atoms with van der Waals surface area (Å²) in [5.74, 6) is -0.0472. The van der Waals surface area contributed by atoms with Gasteiger partial charge in [-0.3, -0.25) is 4.79 Å². The van der Waals surface area contributed by atoms with Crippen LogP contribution in [0, 0.1) is 0 Å². The lowest BCUT2D eigenvalue weighted by atomic mass is 10.1. The van der Waals surface area contributed by atoms with Gasteiger partial charge in [-0.25, -0.2) is 8.42 Å². The Morgan fingerprint density at radius 1 is 1.32 bits per heavy atom. The largest absolute Gasteiger partial charge is 0.333 e. The standard InChI is InChI=1S/C13H18N2O3S/c1-10-9-14-7-8-15(10)13(16)11-3-5-12(6-4-11)19(2,17)18/h3-6,10,14H,7-9H2,1-2H3/t10-/m1/s1. The van der Waals surface area contributed by atoms with Crippen LogP contribution in [0.1, 0.15) is 17.3 Å². The van der Waals surface area contributed by atoms with Crippen LogP contribution < -0.4 is 5.32 Å². The molecule has 19 heavy (non-hydrogen) atoms. The first-order chi connectivity index (χ1) is 8.89. The normalized spacial score (nSPS) is 20.3. The van der Waals surface area contributed by atoms with Crippen molar-refractivity contribution >= 4 is 15.7 Å². The molecule has 104 valence electrons. The molecule has 0 unspecified atom stereocenters. The van der Waals surface area contributed by atoms with Crippen molar-refractivity contribution in [2.24, 2.45) is 0 Å². The zero-order valence-electron chi connectivity index (χ0n) is 11.1. The summed E-state index contributed by atoms with van der Waals surface area (Å²) in [6.07, 6.45) is 1.15. The van der Waals surface area contributed by atoms with Crippen LogP contribution >= 0.6 is 0 Å². The van der Waals surface area contributed by atoms with E-state index >= 15 is 0 Å². The average Bonchev–Trinajstić information content (AvgIpc) is 2.38. The highest BCUT2D eigenvalue weighted by molar-refractivity contribution is 7.90. The van der Waals surface area contributed by atoms with E-state index in [2.05, 4.69) is 5.32 Å². The van der Waals surface area contributed by atoms with Gasteiger partial charge in [0, 0.05) is 37.5 Å². The summed E-state index contributed by atoms with van der Waals surface area (Å²) in [5, 5.41) is 3.23. The summed E-state index contributed by atoms with van der Waals surface area (Å²) in [6.45, 7) is 4.24. The first kappa shape index (κ1) is 14.0. The van der Waals surface area contributed by atoms with Gasteiger partial charge >= 0.3 is 0 Å². The van der Waals surface area contributed by atoms with Crippen LogP contribution in [0.2, 0.25) is 0 Å². The lowest BCUT2D eigenvalue weighted by molar-refractivity contribution is 0.0655. The summed E-state index contributed by atoms with van der Waals surface area (Å²) < 4.78 is 22.7. The highest BCUT2D eigenvalue weighted by Crippen LogP contribution is 2.14. The van der Waals surface area contributed by atoms with Crippen LogP contribution in [0.15, 0.2) is 29.2 Å². The summed E-state index contributed by atoms with van der Waals surface area (Å²) in [7, 11) is -3.22. The number of piperazine rings is 1. The second-order valence-electron chi connectivity index (χ2n) is 4.85. The molecule has 6 heteroatoms. The topological polar surface area (TPSA) is 66.5 Å². The van der Waals surface area contributed by atoms with Gasteiger partial charge < -0.3 is 10.2 Å². The van der Waals surface area contributed by atoms with Gasteiger partial charge in [0.05, 0.1) is 4.90 Å². The van der Waals surface area contributed by atoms with Gasteiger partial charge in [-0.1, -0.05) is 0 Å². The number of hydrogen-bond donors (Lipinski definition) is 1. The molecule has 0 spiro atoms. The number of nitrogens with zero attached hydrogens (tertiary/aromatic N) is 1. The molecular formula is C13H18N2O3S. The maximum Gasteiger partial charge on any atom is 0.254 e. The lowest BCUT2D eigenvalue weighted by Gasteiger charge is -2.34. The quantitative estimate of drug-likeness (QED) is 0.859. The fraction of sp³-hybridized carbons (Fsp3) is 0.462. The van der Waals surface area contributed by atoms with Crippen molar-refractivity contribution < 1.29 is 13.2 Å². The Labute approximate surface area is 113 Å². The Morgan fingerprint density at radius 2 is 1.95 bits per heavy atom. The molecule has 1 aliphatic heterocycles. The fourth-order valence-corrected chi connectivity index (χ4v) is 2.78. The van der Waals surface area contributed by atoms with Crippen molar-refractivity contribution in [3.05, 3.63) is 29.8 Å². The molecule has 0 aromatic heterocycles. The maximum atomic E-state index is 12.3. The van der Waals surface area contributed by atoms with E-state index in [9.17, 15) is 13.2 Å². The van der Waals surface area contributed by atoms with Gasteiger partial charge in [-0.05, 0) is 31.2 Å². The highest BCUT2D eigenvalue weighted by Gasteiger charge is 2.24. The molecule has 1 amide bonds. The van der Waals surface area contributed by atoms with E-state index in [1.54, 1.807) is 12.1 Å². The summed E-state index contributed by atoms with van der Waals surface area (Å²) in [5.41, 5.74) is 0.529. The molecule has 1 saturated heterocycles. The van der Waals surface area contributed by atoms with Gasteiger partial charge in [0.1, 0.15) is 0 Å². The van der Waals surface area contributed by atoms with Crippen LogP contribution in [0.3, 0.4) is 0 Å². The smallest absolute Gasteiger partial charge is 0.254 e. The summed E-state index contributed by atoms with van der Waals surface area (Å²) in [6, 6.07) is 6.27. The zero-order chi connectivity index (χ0) is 14.0. The summed E-state index contributed by atoms with van der Waals surface area (Å²) >= 11 is 0. The van der Waals surface area contributed by atoms with E-state index in [4.69, 9.17) is 0 Å². The van der Waals surface area contributed by atoms with Crippen LogP contribution in [0.4, 0.5) is 0 Å². The van der Waals surface area contributed by atoms with Gasteiger partial charge in [-0.2, -0.15) is 0 Å². The van der Waals surface area contributed by atoms with E-state index in [0.29, 0.717) is 12.1 Å². The van der Waals surface area contributed by atoms with Crippen LogP contribution in [0.25, 0.3) is 0 Å². The zero-order valence-corrected chi connectivity index (χ0v) is 11.9. The lowest BCUT2D eigenvalue weighted by Crippen LogP contribution is -2.52. The number of rotatable bonds is 2. The number of hydrogen-bond acceptors (Lipinski definition) is 4. The van der Waals surface area contributed by atoms with Crippen LogP contribution in [-0.2, 0) is 9.84 Å².